The summed E-state index contributed by atoms with van der Waals surface area (Å²) in [5, 5.41) is 10.3. The van der Waals surface area contributed by atoms with Crippen LogP contribution in [0, 0.1) is 5.92 Å². The molecule has 0 aromatic heterocycles. The topological polar surface area (TPSA) is 36.1 Å². The van der Waals surface area contributed by atoms with Crippen LogP contribution >= 0.6 is 0 Å². The Bertz CT molecular complexity index is 448. The summed E-state index contributed by atoms with van der Waals surface area (Å²) < 4.78 is 0. The maximum Gasteiger partial charge on any atom is 0.0653 e. The van der Waals surface area contributed by atoms with Crippen molar-refractivity contribution in [2.24, 2.45) is 5.92 Å². The van der Waals surface area contributed by atoms with E-state index in [-0.39, 0.29) is 6.04 Å². The van der Waals surface area contributed by atoms with Gasteiger partial charge < -0.3 is 16.0 Å². The van der Waals surface area contributed by atoms with Crippen molar-refractivity contribution >= 4 is 0 Å². The van der Waals surface area contributed by atoms with Crippen LogP contribution < -0.4 is 16.0 Å². The van der Waals surface area contributed by atoms with Gasteiger partial charge in [-0.25, -0.2) is 0 Å². The van der Waals surface area contributed by atoms with Crippen molar-refractivity contribution in [1.82, 2.24) is 16.0 Å². The highest BCUT2D eigenvalue weighted by Gasteiger charge is 2.15. The minimum atomic E-state index is 0.193. The number of hydrogen-bond donors (Lipinski definition) is 3. The van der Waals surface area contributed by atoms with E-state index >= 15 is 0 Å². The molecular formula is C23H43N3. The first-order valence-electron chi connectivity index (χ1n) is 10.3. The van der Waals surface area contributed by atoms with E-state index in [2.05, 4.69) is 70.0 Å². The molecule has 0 bridgehead atoms. The summed E-state index contributed by atoms with van der Waals surface area (Å²) in [6, 6.07) is 0.193. The van der Waals surface area contributed by atoms with Gasteiger partial charge in [0.2, 0.25) is 0 Å². The molecule has 3 nitrogen and oxygen atoms in total. The van der Waals surface area contributed by atoms with Crippen molar-refractivity contribution in [2.45, 2.75) is 78.7 Å². The lowest BCUT2D eigenvalue weighted by molar-refractivity contribution is 0.463. The molecule has 0 fully saturated rings. The number of nitrogens with one attached hydrogen (secondary N) is 3. The predicted molar refractivity (Wildman–Crippen MR) is 118 cm³/mol. The lowest BCUT2D eigenvalue weighted by Crippen LogP contribution is -2.37. The number of unbranched alkanes of at least 4 members (excludes halogenated alkanes) is 3. The Balaban J connectivity index is 4.47. The van der Waals surface area contributed by atoms with Crippen molar-refractivity contribution in [1.29, 1.82) is 0 Å². The minimum Gasteiger partial charge on any atom is -0.385 e. The first-order chi connectivity index (χ1) is 12.3. The lowest BCUT2D eigenvalue weighted by atomic mass is 10.0. The predicted octanol–water partition coefficient (Wildman–Crippen LogP) is 5.65. The van der Waals surface area contributed by atoms with E-state index in [1.54, 1.807) is 0 Å². The monoisotopic (exact) mass is 361 g/mol. The summed E-state index contributed by atoms with van der Waals surface area (Å²) in [7, 11) is 0. The fourth-order valence-electron chi connectivity index (χ4n) is 2.66. The van der Waals surface area contributed by atoms with Gasteiger partial charge in [0.25, 0.3) is 0 Å². The Morgan fingerprint density at radius 3 is 2.12 bits per heavy atom. The third kappa shape index (κ3) is 11.8. The van der Waals surface area contributed by atoms with Crippen LogP contribution in [0.4, 0.5) is 0 Å². The van der Waals surface area contributed by atoms with E-state index < -0.39 is 0 Å². The molecule has 0 spiro atoms. The highest BCUT2D eigenvalue weighted by Crippen LogP contribution is 2.14. The van der Waals surface area contributed by atoms with Gasteiger partial charge in [0.05, 0.1) is 6.04 Å². The third-order valence-corrected chi connectivity index (χ3v) is 4.41. The maximum atomic E-state index is 4.26. The molecule has 0 aliphatic heterocycles. The smallest absolute Gasteiger partial charge is 0.0653 e. The third-order valence-electron chi connectivity index (χ3n) is 4.41. The second kappa shape index (κ2) is 14.5. The largest absolute Gasteiger partial charge is 0.385 e. The average molecular weight is 362 g/mol. The van der Waals surface area contributed by atoms with Gasteiger partial charge in [-0.05, 0) is 37.2 Å². The van der Waals surface area contributed by atoms with Crippen molar-refractivity contribution in [3.8, 4) is 0 Å². The van der Waals surface area contributed by atoms with Crippen LogP contribution in [0.5, 0.6) is 0 Å². The molecule has 0 rings (SSSR count). The van der Waals surface area contributed by atoms with E-state index in [1.807, 2.05) is 0 Å². The van der Waals surface area contributed by atoms with Crippen molar-refractivity contribution in [3.05, 3.63) is 49.0 Å². The van der Waals surface area contributed by atoms with Crippen molar-refractivity contribution < 1.29 is 0 Å². The molecule has 0 aromatic carbocycles. The summed E-state index contributed by atoms with van der Waals surface area (Å²) in [5.74, 6) is 0.586. The molecular weight excluding hydrogens is 318 g/mol. The van der Waals surface area contributed by atoms with Crippen LogP contribution in [-0.2, 0) is 0 Å². The quantitative estimate of drug-likeness (QED) is 0.231. The van der Waals surface area contributed by atoms with E-state index in [0.29, 0.717) is 12.5 Å². The zero-order chi connectivity index (χ0) is 19.9. The number of hydrogen-bond acceptors (Lipinski definition) is 3. The maximum absolute atomic E-state index is 4.26. The normalized spacial score (nSPS) is 11.7. The first-order valence-corrected chi connectivity index (χ1v) is 10.3. The summed E-state index contributed by atoms with van der Waals surface area (Å²) >= 11 is 0. The first kappa shape index (κ1) is 24.4. The van der Waals surface area contributed by atoms with Crippen LogP contribution in [0.2, 0.25) is 0 Å². The van der Waals surface area contributed by atoms with E-state index in [9.17, 15) is 0 Å². The molecule has 0 saturated carbocycles. The molecule has 0 saturated heterocycles. The molecule has 26 heavy (non-hydrogen) atoms. The molecule has 3 heteroatoms. The van der Waals surface area contributed by atoms with Gasteiger partial charge in [-0.2, -0.15) is 0 Å². The van der Waals surface area contributed by atoms with Crippen molar-refractivity contribution in [2.75, 3.05) is 13.1 Å². The molecule has 1 atom stereocenters. The van der Waals surface area contributed by atoms with Gasteiger partial charge in [-0.1, -0.05) is 73.3 Å². The van der Waals surface area contributed by atoms with Crippen LogP contribution in [0.1, 0.15) is 72.6 Å². The fourth-order valence-corrected chi connectivity index (χ4v) is 2.66. The molecule has 3 N–H and O–H groups in total. The molecule has 0 amide bonds. The van der Waals surface area contributed by atoms with Gasteiger partial charge in [-0.15, -0.1) is 0 Å². The fraction of sp³-hybridized carbons (Fsp3) is 0.652. The van der Waals surface area contributed by atoms with E-state index in [1.165, 1.54) is 25.7 Å². The van der Waals surface area contributed by atoms with Gasteiger partial charge >= 0.3 is 0 Å². The van der Waals surface area contributed by atoms with E-state index in [0.717, 1.165) is 48.5 Å². The van der Waals surface area contributed by atoms with Crippen LogP contribution in [0.25, 0.3) is 0 Å². The molecule has 0 aromatic rings. The number of rotatable bonds is 17. The minimum absolute atomic E-state index is 0.193. The molecule has 0 aliphatic carbocycles. The second-order valence-corrected chi connectivity index (χ2v) is 7.63. The van der Waals surface area contributed by atoms with Gasteiger partial charge in [0.15, 0.2) is 0 Å². The zero-order valence-corrected chi connectivity index (χ0v) is 17.8. The Labute approximate surface area is 163 Å². The van der Waals surface area contributed by atoms with Crippen molar-refractivity contribution in [3.63, 3.8) is 0 Å². The standard InChI is InChI=1S/C23H43N3/c1-9-11-13-14-20(6)26-23(16-18(3)4)22(8)25-17-19(5)21(7)24-15-12-10-2/h18,23-26H,5-17H2,1-4H3/t23-/m0/s1. The Morgan fingerprint density at radius 1 is 0.885 bits per heavy atom. The molecule has 150 valence electrons. The lowest BCUT2D eigenvalue weighted by Gasteiger charge is -2.26. The van der Waals surface area contributed by atoms with Crippen LogP contribution in [0.3, 0.4) is 0 Å². The average Bonchev–Trinajstić information content (AvgIpc) is 2.58. The highest BCUT2D eigenvalue weighted by atomic mass is 15.0. The number of allylic oxidation sites excluding steroid dienone is 1. The van der Waals surface area contributed by atoms with Crippen LogP contribution in [0.15, 0.2) is 49.0 Å². The second-order valence-electron chi connectivity index (χ2n) is 7.63. The van der Waals surface area contributed by atoms with Gasteiger partial charge in [0, 0.05) is 30.2 Å². The SMILES string of the molecule is C=C(CCCCC)N[C@@H](CC(C)C)C(=C)NCC(=C)C(=C)NCCCC. The molecule has 0 radical (unpaired) electrons. The summed E-state index contributed by atoms with van der Waals surface area (Å²) in [5.41, 5.74) is 4.00. The highest BCUT2D eigenvalue weighted by molar-refractivity contribution is 5.26. The van der Waals surface area contributed by atoms with Gasteiger partial charge in [-0.3, -0.25) is 0 Å². The zero-order valence-electron chi connectivity index (χ0n) is 17.8. The molecule has 0 heterocycles. The van der Waals surface area contributed by atoms with Gasteiger partial charge in [0.1, 0.15) is 0 Å². The summed E-state index contributed by atoms with van der Waals surface area (Å²) in [4.78, 5) is 0. The van der Waals surface area contributed by atoms with E-state index in [4.69, 9.17) is 0 Å². The summed E-state index contributed by atoms with van der Waals surface area (Å²) in [6.07, 6.45) is 8.05. The Hall–Kier alpha value is -1.64. The molecule has 0 unspecified atom stereocenters. The van der Waals surface area contributed by atoms with Crippen LogP contribution in [-0.4, -0.2) is 19.1 Å². The Morgan fingerprint density at radius 2 is 1.54 bits per heavy atom. The molecule has 0 aliphatic rings. The Kier molecular flexibility index (Phi) is 13.6. The summed E-state index contributed by atoms with van der Waals surface area (Å²) in [6.45, 7) is 27.2.